The highest BCUT2D eigenvalue weighted by Gasteiger charge is 2.25. The number of fused-ring (bicyclic) bond motifs is 1. The number of hydrogen-bond donors (Lipinski definition) is 0. The number of piperidine rings is 1. The lowest BCUT2D eigenvalue weighted by molar-refractivity contribution is -0.131. The Morgan fingerprint density at radius 3 is 2.71 bits per heavy atom. The molecule has 0 spiro atoms. The van der Waals surface area contributed by atoms with Gasteiger partial charge >= 0.3 is 0 Å². The monoisotopic (exact) mass is 320 g/mol. The van der Waals surface area contributed by atoms with E-state index in [4.69, 9.17) is 0 Å². The summed E-state index contributed by atoms with van der Waals surface area (Å²) < 4.78 is 2.16. The Bertz CT molecular complexity index is 835. The molecule has 3 aromatic rings. The van der Waals surface area contributed by atoms with Crippen molar-refractivity contribution in [2.24, 2.45) is 0 Å². The second-order valence-electron chi connectivity index (χ2n) is 6.26. The standard InChI is InChI=1S/C19H20N4O/c24-19(14-16-4-1-2-9-20-16)22-11-7-15(8-12-22)17-5-3-6-18-21-10-13-23(17)18/h1-6,9-10,13,15H,7-8,11-12,14H2. The van der Waals surface area contributed by atoms with Gasteiger partial charge in [-0.25, -0.2) is 4.98 Å². The van der Waals surface area contributed by atoms with Crippen LogP contribution in [-0.2, 0) is 11.2 Å². The fraction of sp³-hybridized carbons (Fsp3) is 0.316. The van der Waals surface area contributed by atoms with Crippen molar-refractivity contribution in [3.05, 3.63) is 66.4 Å². The summed E-state index contributed by atoms with van der Waals surface area (Å²) in [6.45, 7) is 1.61. The van der Waals surface area contributed by atoms with Crippen molar-refractivity contribution in [2.45, 2.75) is 25.2 Å². The molecule has 0 saturated carbocycles. The van der Waals surface area contributed by atoms with Gasteiger partial charge in [-0.3, -0.25) is 9.78 Å². The molecule has 0 N–H and O–H groups in total. The third kappa shape index (κ3) is 2.89. The molecule has 122 valence electrons. The van der Waals surface area contributed by atoms with Gasteiger partial charge in [-0.1, -0.05) is 12.1 Å². The Labute approximate surface area is 141 Å². The number of imidazole rings is 1. The summed E-state index contributed by atoms with van der Waals surface area (Å²) in [7, 11) is 0. The minimum atomic E-state index is 0.174. The molecule has 0 aromatic carbocycles. The smallest absolute Gasteiger partial charge is 0.228 e. The summed E-state index contributed by atoms with van der Waals surface area (Å²) in [6, 6.07) is 12.0. The quantitative estimate of drug-likeness (QED) is 0.745. The van der Waals surface area contributed by atoms with Crippen LogP contribution in [0.25, 0.3) is 5.65 Å². The van der Waals surface area contributed by atoms with Crippen LogP contribution < -0.4 is 0 Å². The van der Waals surface area contributed by atoms with E-state index in [2.05, 4.69) is 26.5 Å². The molecule has 0 aliphatic carbocycles. The van der Waals surface area contributed by atoms with E-state index in [1.54, 1.807) is 6.20 Å². The first-order valence-electron chi connectivity index (χ1n) is 8.41. The molecule has 1 saturated heterocycles. The molecule has 5 heteroatoms. The molecule has 24 heavy (non-hydrogen) atoms. The lowest BCUT2D eigenvalue weighted by Gasteiger charge is -2.32. The molecule has 0 bridgehead atoms. The van der Waals surface area contributed by atoms with Gasteiger partial charge in [0.1, 0.15) is 5.65 Å². The van der Waals surface area contributed by atoms with Crippen molar-refractivity contribution in [3.8, 4) is 0 Å². The number of amides is 1. The fourth-order valence-corrected chi connectivity index (χ4v) is 3.50. The summed E-state index contributed by atoms with van der Waals surface area (Å²) in [5.74, 6) is 0.648. The van der Waals surface area contributed by atoms with Gasteiger partial charge in [0.05, 0.1) is 6.42 Å². The fourth-order valence-electron chi connectivity index (χ4n) is 3.50. The number of rotatable bonds is 3. The molecule has 0 radical (unpaired) electrons. The van der Waals surface area contributed by atoms with Crippen LogP contribution in [-0.4, -0.2) is 38.3 Å². The minimum absolute atomic E-state index is 0.174. The molecule has 1 aliphatic heterocycles. The zero-order valence-electron chi connectivity index (χ0n) is 13.5. The molecule has 1 fully saturated rings. The lowest BCUT2D eigenvalue weighted by atomic mass is 9.92. The highest BCUT2D eigenvalue weighted by Crippen LogP contribution is 2.28. The van der Waals surface area contributed by atoms with Gasteiger partial charge < -0.3 is 9.30 Å². The summed E-state index contributed by atoms with van der Waals surface area (Å²) >= 11 is 0. The van der Waals surface area contributed by atoms with Crippen LogP contribution in [0.2, 0.25) is 0 Å². The summed E-state index contributed by atoms with van der Waals surface area (Å²) in [5, 5.41) is 0. The zero-order chi connectivity index (χ0) is 16.4. The van der Waals surface area contributed by atoms with Gasteiger partial charge in [0.15, 0.2) is 0 Å². The minimum Gasteiger partial charge on any atom is -0.342 e. The Morgan fingerprint density at radius 2 is 1.92 bits per heavy atom. The predicted molar refractivity (Wildman–Crippen MR) is 91.7 cm³/mol. The average Bonchev–Trinajstić information content (AvgIpc) is 3.11. The number of pyridine rings is 2. The SMILES string of the molecule is O=C(Cc1ccccn1)N1CCC(c2cccc3nccn23)CC1. The first-order valence-corrected chi connectivity index (χ1v) is 8.41. The highest BCUT2D eigenvalue weighted by atomic mass is 16.2. The van der Waals surface area contributed by atoms with Crippen molar-refractivity contribution in [1.29, 1.82) is 0 Å². The van der Waals surface area contributed by atoms with Gasteiger partial charge in [0.2, 0.25) is 5.91 Å². The third-order valence-corrected chi connectivity index (χ3v) is 4.78. The van der Waals surface area contributed by atoms with Crippen molar-refractivity contribution < 1.29 is 4.79 Å². The molecular weight excluding hydrogens is 300 g/mol. The van der Waals surface area contributed by atoms with Gasteiger partial charge in [-0.05, 0) is 37.1 Å². The first kappa shape index (κ1) is 14.9. The highest BCUT2D eigenvalue weighted by molar-refractivity contribution is 5.78. The second kappa shape index (κ2) is 6.43. The molecule has 3 aromatic heterocycles. The van der Waals surface area contributed by atoms with Gasteiger partial charge in [0.25, 0.3) is 0 Å². The first-order chi connectivity index (χ1) is 11.8. The maximum atomic E-state index is 12.5. The van der Waals surface area contributed by atoms with Crippen molar-refractivity contribution in [2.75, 3.05) is 13.1 Å². The largest absolute Gasteiger partial charge is 0.342 e. The normalized spacial score (nSPS) is 15.8. The second-order valence-corrected chi connectivity index (χ2v) is 6.26. The van der Waals surface area contributed by atoms with E-state index < -0.39 is 0 Å². The summed E-state index contributed by atoms with van der Waals surface area (Å²) in [4.78, 5) is 23.0. The maximum absolute atomic E-state index is 12.5. The summed E-state index contributed by atoms with van der Waals surface area (Å²) in [6.07, 6.45) is 7.97. The molecular formula is C19H20N4O. The topological polar surface area (TPSA) is 50.5 Å². The van der Waals surface area contributed by atoms with Crippen LogP contribution in [0.15, 0.2) is 55.0 Å². The van der Waals surface area contributed by atoms with E-state index in [0.29, 0.717) is 12.3 Å². The van der Waals surface area contributed by atoms with Crippen LogP contribution in [0, 0.1) is 0 Å². The Balaban J connectivity index is 1.41. The number of nitrogens with zero attached hydrogens (tertiary/aromatic N) is 4. The number of likely N-dealkylation sites (tertiary alicyclic amines) is 1. The Kier molecular flexibility index (Phi) is 3.99. The number of carbonyl (C=O) groups excluding carboxylic acids is 1. The number of aromatic nitrogens is 3. The van der Waals surface area contributed by atoms with Crippen LogP contribution in [0.4, 0.5) is 0 Å². The molecule has 0 atom stereocenters. The zero-order valence-corrected chi connectivity index (χ0v) is 13.5. The molecule has 4 rings (SSSR count). The van der Waals surface area contributed by atoms with Crippen LogP contribution in [0.5, 0.6) is 0 Å². The van der Waals surface area contributed by atoms with E-state index in [1.807, 2.05) is 41.6 Å². The molecule has 1 aliphatic rings. The van der Waals surface area contributed by atoms with E-state index in [1.165, 1.54) is 5.69 Å². The molecule has 1 amide bonds. The van der Waals surface area contributed by atoms with Crippen LogP contribution in [0.1, 0.15) is 30.1 Å². The lowest BCUT2D eigenvalue weighted by Crippen LogP contribution is -2.39. The number of hydrogen-bond acceptors (Lipinski definition) is 3. The van der Waals surface area contributed by atoms with Crippen molar-refractivity contribution in [1.82, 2.24) is 19.3 Å². The van der Waals surface area contributed by atoms with Crippen molar-refractivity contribution in [3.63, 3.8) is 0 Å². The maximum Gasteiger partial charge on any atom is 0.228 e. The van der Waals surface area contributed by atoms with Crippen molar-refractivity contribution >= 4 is 11.6 Å². The molecule has 4 heterocycles. The average molecular weight is 320 g/mol. The predicted octanol–water partition coefficient (Wildman–Crippen LogP) is 2.68. The van der Waals surface area contributed by atoms with E-state index >= 15 is 0 Å². The van der Waals surface area contributed by atoms with E-state index in [-0.39, 0.29) is 5.91 Å². The Hall–Kier alpha value is -2.69. The summed E-state index contributed by atoms with van der Waals surface area (Å²) in [5.41, 5.74) is 3.12. The third-order valence-electron chi connectivity index (χ3n) is 4.78. The molecule has 5 nitrogen and oxygen atoms in total. The van der Waals surface area contributed by atoms with Gasteiger partial charge in [-0.15, -0.1) is 0 Å². The Morgan fingerprint density at radius 1 is 1.04 bits per heavy atom. The van der Waals surface area contributed by atoms with Gasteiger partial charge in [0, 0.05) is 49.0 Å². The van der Waals surface area contributed by atoms with E-state index in [0.717, 1.165) is 37.3 Å². The van der Waals surface area contributed by atoms with E-state index in [9.17, 15) is 4.79 Å². The van der Waals surface area contributed by atoms with Crippen LogP contribution in [0.3, 0.4) is 0 Å². The van der Waals surface area contributed by atoms with Crippen LogP contribution >= 0.6 is 0 Å². The molecule has 0 unspecified atom stereocenters. The number of carbonyl (C=O) groups is 1. The van der Waals surface area contributed by atoms with Gasteiger partial charge in [-0.2, -0.15) is 0 Å².